The Balaban J connectivity index is 1.47. The molecule has 13 heteroatoms. The molecule has 0 saturated carbocycles. The zero-order chi connectivity index (χ0) is 30.6. The van der Waals surface area contributed by atoms with E-state index in [1.54, 1.807) is 12.1 Å². The second kappa shape index (κ2) is 12.9. The number of Topliss-reactive ketones (excluding diaryl/α,β-unsaturated/α-hetero) is 1. The molecule has 42 heavy (non-hydrogen) atoms. The largest absolute Gasteiger partial charge is 0.493 e. The first kappa shape index (κ1) is 31.0. The molecule has 1 aliphatic rings. The molecule has 0 aliphatic carbocycles. The topological polar surface area (TPSA) is 144 Å². The highest BCUT2D eigenvalue weighted by atomic mass is 32.2. The summed E-state index contributed by atoms with van der Waals surface area (Å²) in [4.78, 5) is 39.0. The third-order valence-corrected chi connectivity index (χ3v) is 8.85. The molecule has 11 nitrogen and oxygen atoms in total. The predicted molar refractivity (Wildman–Crippen MR) is 151 cm³/mol. The van der Waals surface area contributed by atoms with Crippen LogP contribution < -0.4 is 20.1 Å². The van der Waals surface area contributed by atoms with Gasteiger partial charge in [-0.2, -0.15) is 4.31 Å². The summed E-state index contributed by atoms with van der Waals surface area (Å²) in [6.07, 6.45) is 0.717. The lowest BCUT2D eigenvalue weighted by Gasteiger charge is -2.23. The lowest BCUT2D eigenvalue weighted by molar-refractivity contribution is -0.129. The smallest absolute Gasteiger partial charge is 0.287 e. The number of sulfonamides is 1. The monoisotopic (exact) mass is 603 g/mol. The minimum Gasteiger partial charge on any atom is -0.493 e. The number of amides is 2. The zero-order valence-corrected chi connectivity index (χ0v) is 24.6. The van der Waals surface area contributed by atoms with Gasteiger partial charge in [-0.3, -0.25) is 14.4 Å². The molecule has 2 N–H and O–H groups in total. The lowest BCUT2D eigenvalue weighted by Crippen LogP contribution is -2.52. The molecule has 1 unspecified atom stereocenters. The van der Waals surface area contributed by atoms with Gasteiger partial charge in [-0.05, 0) is 49.4 Å². The van der Waals surface area contributed by atoms with Crippen molar-refractivity contribution in [3.63, 3.8) is 0 Å². The van der Waals surface area contributed by atoms with Gasteiger partial charge in [-0.15, -0.1) is 0 Å². The number of nitrogens with one attached hydrogen (secondary N) is 2. The van der Waals surface area contributed by atoms with Crippen molar-refractivity contribution in [3.8, 4) is 11.5 Å². The van der Waals surface area contributed by atoms with E-state index in [9.17, 15) is 27.2 Å². The van der Waals surface area contributed by atoms with Crippen LogP contribution in [0.3, 0.4) is 0 Å². The van der Waals surface area contributed by atoms with Crippen molar-refractivity contribution in [2.45, 2.75) is 50.1 Å². The third kappa shape index (κ3) is 6.73. The molecule has 2 amide bonds. The predicted octanol–water partition coefficient (Wildman–Crippen LogP) is 3.27. The molecule has 0 bridgehead atoms. The lowest BCUT2D eigenvalue weighted by atomic mass is 10.0. The maximum atomic E-state index is 14.2. The maximum Gasteiger partial charge on any atom is 0.287 e. The first-order chi connectivity index (χ1) is 19.9. The number of furan rings is 1. The SMILES string of the molecule is COc1cc2cc(C(=O)NC(CC(C)C)C(=O)N[C@H]3CCCN(S(=O)(=O)c4ccccc4F)CC3=O)oc2cc1OC. The van der Waals surface area contributed by atoms with Crippen LogP contribution in [-0.4, -0.2) is 69.7 Å². The van der Waals surface area contributed by atoms with Crippen molar-refractivity contribution in [2.24, 2.45) is 5.92 Å². The van der Waals surface area contributed by atoms with E-state index in [4.69, 9.17) is 13.9 Å². The molecule has 226 valence electrons. The number of ether oxygens (including phenoxy) is 2. The number of halogens is 1. The van der Waals surface area contributed by atoms with Crippen LogP contribution in [0.2, 0.25) is 0 Å². The minimum atomic E-state index is -4.26. The number of ketones is 1. The Labute approximate surface area is 243 Å². The van der Waals surface area contributed by atoms with E-state index in [1.165, 1.54) is 32.4 Å². The van der Waals surface area contributed by atoms with Gasteiger partial charge in [0.1, 0.15) is 22.3 Å². The first-order valence-electron chi connectivity index (χ1n) is 13.5. The molecular weight excluding hydrogens is 569 g/mol. The standard InChI is InChI=1S/C29H34FN3O8S/c1-17(2)12-21(32-29(36)26-14-18-13-24(39-3)25(40-4)15-23(18)41-26)28(35)31-20-9-7-11-33(16-22(20)34)42(37,38)27-10-6-5-8-19(27)30/h5-6,8,10,13-15,17,20-21H,7,9,11-12,16H2,1-4H3,(H,31,35)(H,32,36)/t20-,21?/m0/s1. The van der Waals surface area contributed by atoms with Gasteiger partial charge < -0.3 is 24.5 Å². The second-order valence-corrected chi connectivity index (χ2v) is 12.4. The number of nitrogens with zero attached hydrogens (tertiary/aromatic N) is 1. The van der Waals surface area contributed by atoms with Crippen LogP contribution in [0.1, 0.15) is 43.7 Å². The van der Waals surface area contributed by atoms with Gasteiger partial charge in [-0.25, -0.2) is 12.8 Å². The fourth-order valence-corrected chi connectivity index (χ4v) is 6.34. The highest BCUT2D eigenvalue weighted by Gasteiger charge is 2.35. The van der Waals surface area contributed by atoms with Gasteiger partial charge in [0.2, 0.25) is 15.9 Å². The fraction of sp³-hybridized carbons (Fsp3) is 0.414. The van der Waals surface area contributed by atoms with Crippen molar-refractivity contribution in [2.75, 3.05) is 27.3 Å². The van der Waals surface area contributed by atoms with Crippen molar-refractivity contribution in [3.05, 3.63) is 54.0 Å². The van der Waals surface area contributed by atoms with Gasteiger partial charge in [-0.1, -0.05) is 26.0 Å². The molecule has 4 rings (SSSR count). The van der Waals surface area contributed by atoms with Crippen molar-refractivity contribution in [1.29, 1.82) is 0 Å². The molecule has 2 heterocycles. The minimum absolute atomic E-state index is 0.0106. The molecular formula is C29H34FN3O8S. The molecule has 1 aliphatic heterocycles. The molecule has 2 aromatic carbocycles. The Kier molecular flexibility index (Phi) is 9.52. The van der Waals surface area contributed by atoms with Gasteiger partial charge in [0.05, 0.1) is 26.8 Å². The highest BCUT2D eigenvalue weighted by Crippen LogP contribution is 2.33. The highest BCUT2D eigenvalue weighted by molar-refractivity contribution is 7.89. The number of hydrogen-bond acceptors (Lipinski definition) is 8. The average molecular weight is 604 g/mol. The van der Waals surface area contributed by atoms with Crippen molar-refractivity contribution in [1.82, 2.24) is 14.9 Å². The summed E-state index contributed by atoms with van der Waals surface area (Å²) in [5, 5.41) is 5.98. The van der Waals surface area contributed by atoms with Gasteiger partial charge in [0.15, 0.2) is 23.0 Å². The number of fused-ring (bicyclic) bond motifs is 1. The zero-order valence-electron chi connectivity index (χ0n) is 23.8. The Bertz CT molecular complexity index is 1550. The summed E-state index contributed by atoms with van der Waals surface area (Å²) >= 11 is 0. The average Bonchev–Trinajstić information content (AvgIpc) is 3.28. The third-order valence-electron chi connectivity index (χ3n) is 6.97. The Morgan fingerprint density at radius 2 is 1.81 bits per heavy atom. The number of carbonyl (C=O) groups is 3. The van der Waals surface area contributed by atoms with Crippen LogP contribution in [-0.2, 0) is 19.6 Å². The summed E-state index contributed by atoms with van der Waals surface area (Å²) in [6.45, 7) is 3.24. The molecule has 1 fully saturated rings. The van der Waals surface area contributed by atoms with Crippen LogP contribution in [0.15, 0.2) is 51.8 Å². The fourth-order valence-electron chi connectivity index (χ4n) is 4.83. The van der Waals surface area contributed by atoms with Crippen molar-refractivity contribution >= 4 is 38.6 Å². The maximum absolute atomic E-state index is 14.2. The first-order valence-corrected chi connectivity index (χ1v) is 14.9. The van der Waals surface area contributed by atoms with Crippen molar-refractivity contribution < 1.29 is 41.1 Å². The number of benzene rings is 2. The van der Waals surface area contributed by atoms with E-state index in [0.717, 1.165) is 16.4 Å². The Hall–Kier alpha value is -3.97. The van der Waals surface area contributed by atoms with Crippen LogP contribution in [0.4, 0.5) is 4.39 Å². The Morgan fingerprint density at radius 3 is 2.48 bits per heavy atom. The number of carbonyl (C=O) groups excluding carboxylic acids is 3. The normalized spacial score (nSPS) is 17.1. The van der Waals surface area contributed by atoms with Crippen LogP contribution in [0, 0.1) is 11.7 Å². The summed E-state index contributed by atoms with van der Waals surface area (Å²) in [5.74, 6) is -1.78. The van der Waals surface area contributed by atoms with E-state index in [-0.39, 0.29) is 37.5 Å². The number of rotatable bonds is 10. The molecule has 3 aromatic rings. The summed E-state index contributed by atoms with van der Waals surface area (Å²) in [7, 11) is -1.29. The van der Waals surface area contributed by atoms with Gasteiger partial charge in [0, 0.05) is 18.0 Å². The molecule has 0 spiro atoms. The van der Waals surface area contributed by atoms with Crippen LogP contribution >= 0.6 is 0 Å². The molecule has 1 saturated heterocycles. The van der Waals surface area contributed by atoms with E-state index >= 15 is 0 Å². The summed E-state index contributed by atoms with van der Waals surface area (Å²) < 4.78 is 57.5. The summed E-state index contributed by atoms with van der Waals surface area (Å²) in [6, 6.07) is 7.78. The quantitative estimate of drug-likeness (QED) is 0.359. The van der Waals surface area contributed by atoms with E-state index in [0.29, 0.717) is 22.5 Å². The van der Waals surface area contributed by atoms with Gasteiger partial charge in [0.25, 0.3) is 5.91 Å². The summed E-state index contributed by atoms with van der Waals surface area (Å²) in [5.41, 5.74) is 0.390. The van der Waals surface area contributed by atoms with E-state index < -0.39 is 57.0 Å². The molecule has 1 aromatic heterocycles. The van der Waals surface area contributed by atoms with Crippen LogP contribution in [0.5, 0.6) is 11.5 Å². The van der Waals surface area contributed by atoms with E-state index in [1.807, 2.05) is 13.8 Å². The van der Waals surface area contributed by atoms with Gasteiger partial charge >= 0.3 is 0 Å². The number of methoxy groups -OCH3 is 2. The van der Waals surface area contributed by atoms with Crippen LogP contribution in [0.25, 0.3) is 11.0 Å². The molecule has 0 radical (unpaired) electrons. The molecule has 2 atom stereocenters. The number of hydrogen-bond donors (Lipinski definition) is 2. The Morgan fingerprint density at radius 1 is 1.12 bits per heavy atom. The van der Waals surface area contributed by atoms with E-state index in [2.05, 4.69) is 10.6 Å². The second-order valence-electron chi connectivity index (χ2n) is 10.4.